The summed E-state index contributed by atoms with van der Waals surface area (Å²) in [7, 11) is 0. The standard InChI is InChI=1S/C16H13FO3/c1-10-6-7-11(17)8-12(10)16(18)15-9-19-13-4-2-3-5-14(13)20-15/h2-8,15H,9H2,1H3. The summed E-state index contributed by atoms with van der Waals surface area (Å²) in [6.07, 6.45) is -0.745. The van der Waals surface area contributed by atoms with Crippen molar-refractivity contribution in [1.82, 2.24) is 0 Å². The number of hydrogen-bond donors (Lipinski definition) is 0. The third-order valence-corrected chi connectivity index (χ3v) is 3.27. The van der Waals surface area contributed by atoms with Crippen molar-refractivity contribution < 1.29 is 18.7 Å². The number of hydrogen-bond acceptors (Lipinski definition) is 3. The Balaban J connectivity index is 1.88. The molecule has 0 spiro atoms. The van der Waals surface area contributed by atoms with Gasteiger partial charge in [0.15, 0.2) is 17.6 Å². The van der Waals surface area contributed by atoms with Gasteiger partial charge in [-0.15, -0.1) is 0 Å². The monoisotopic (exact) mass is 272 g/mol. The summed E-state index contributed by atoms with van der Waals surface area (Å²) in [6.45, 7) is 1.90. The smallest absolute Gasteiger partial charge is 0.207 e. The Labute approximate surface area is 115 Å². The average molecular weight is 272 g/mol. The van der Waals surface area contributed by atoms with Gasteiger partial charge in [0.05, 0.1) is 0 Å². The lowest BCUT2D eigenvalue weighted by atomic mass is 10.0. The number of fused-ring (bicyclic) bond motifs is 1. The van der Waals surface area contributed by atoms with Crippen LogP contribution >= 0.6 is 0 Å². The molecule has 1 atom stereocenters. The lowest BCUT2D eigenvalue weighted by Crippen LogP contribution is -2.37. The summed E-state index contributed by atoms with van der Waals surface area (Å²) in [4.78, 5) is 12.4. The maximum Gasteiger partial charge on any atom is 0.207 e. The van der Waals surface area contributed by atoms with E-state index in [9.17, 15) is 9.18 Å². The van der Waals surface area contributed by atoms with Crippen LogP contribution in [0.1, 0.15) is 15.9 Å². The molecule has 0 aromatic heterocycles. The normalized spacial score (nSPS) is 16.8. The third kappa shape index (κ3) is 2.25. The van der Waals surface area contributed by atoms with E-state index < -0.39 is 11.9 Å². The first-order valence-corrected chi connectivity index (χ1v) is 6.34. The molecule has 0 radical (unpaired) electrons. The van der Waals surface area contributed by atoms with Crippen molar-refractivity contribution >= 4 is 5.78 Å². The summed E-state index contributed by atoms with van der Waals surface area (Å²) in [5.74, 6) is 0.450. The van der Waals surface area contributed by atoms with Crippen LogP contribution in [0.3, 0.4) is 0 Å². The molecular formula is C16H13FO3. The van der Waals surface area contributed by atoms with Crippen LogP contribution in [0.25, 0.3) is 0 Å². The molecule has 0 saturated carbocycles. The van der Waals surface area contributed by atoms with Gasteiger partial charge in [-0.2, -0.15) is 0 Å². The van der Waals surface area contributed by atoms with E-state index in [0.717, 1.165) is 5.56 Å². The van der Waals surface area contributed by atoms with E-state index in [2.05, 4.69) is 0 Å². The van der Waals surface area contributed by atoms with Gasteiger partial charge < -0.3 is 9.47 Å². The van der Waals surface area contributed by atoms with Crippen LogP contribution in [-0.4, -0.2) is 18.5 Å². The first-order chi connectivity index (χ1) is 9.65. The number of rotatable bonds is 2. The van der Waals surface area contributed by atoms with Crippen molar-refractivity contribution in [1.29, 1.82) is 0 Å². The number of benzene rings is 2. The van der Waals surface area contributed by atoms with Gasteiger partial charge >= 0.3 is 0 Å². The molecule has 1 unspecified atom stereocenters. The highest BCUT2D eigenvalue weighted by Gasteiger charge is 2.29. The van der Waals surface area contributed by atoms with Crippen LogP contribution in [0.4, 0.5) is 4.39 Å². The van der Waals surface area contributed by atoms with E-state index in [1.54, 1.807) is 25.1 Å². The molecule has 1 heterocycles. The molecule has 102 valence electrons. The fourth-order valence-corrected chi connectivity index (χ4v) is 2.18. The van der Waals surface area contributed by atoms with E-state index in [1.165, 1.54) is 12.1 Å². The number of para-hydroxylation sites is 2. The van der Waals surface area contributed by atoms with E-state index in [1.807, 2.05) is 12.1 Å². The SMILES string of the molecule is Cc1ccc(F)cc1C(=O)C1COc2ccccc2O1. The van der Waals surface area contributed by atoms with Gasteiger partial charge in [0, 0.05) is 5.56 Å². The quantitative estimate of drug-likeness (QED) is 0.788. The minimum Gasteiger partial charge on any atom is -0.485 e. The molecule has 20 heavy (non-hydrogen) atoms. The van der Waals surface area contributed by atoms with Crippen molar-refractivity contribution in [2.24, 2.45) is 0 Å². The van der Waals surface area contributed by atoms with Crippen molar-refractivity contribution in [2.45, 2.75) is 13.0 Å². The summed E-state index contributed by atoms with van der Waals surface area (Å²) in [5, 5.41) is 0. The zero-order chi connectivity index (χ0) is 14.1. The highest BCUT2D eigenvalue weighted by Crippen LogP contribution is 2.31. The number of Topliss-reactive ketones (excluding diaryl/α,β-unsaturated/α-hetero) is 1. The first-order valence-electron chi connectivity index (χ1n) is 6.34. The second-order valence-electron chi connectivity index (χ2n) is 4.69. The molecule has 2 aromatic carbocycles. The van der Waals surface area contributed by atoms with E-state index in [0.29, 0.717) is 17.1 Å². The molecule has 0 aliphatic carbocycles. The Hall–Kier alpha value is -2.36. The van der Waals surface area contributed by atoms with Gasteiger partial charge in [-0.25, -0.2) is 4.39 Å². The number of ketones is 1. The average Bonchev–Trinajstić information content (AvgIpc) is 2.48. The first kappa shape index (κ1) is 12.7. The summed E-state index contributed by atoms with van der Waals surface area (Å²) >= 11 is 0. The molecule has 0 amide bonds. The molecule has 3 rings (SSSR count). The largest absolute Gasteiger partial charge is 0.485 e. The van der Waals surface area contributed by atoms with E-state index in [4.69, 9.17) is 9.47 Å². The minimum absolute atomic E-state index is 0.131. The number of halogens is 1. The summed E-state index contributed by atoms with van der Waals surface area (Å²) in [6, 6.07) is 11.3. The molecule has 3 nitrogen and oxygen atoms in total. The van der Waals surface area contributed by atoms with Crippen LogP contribution in [-0.2, 0) is 0 Å². The van der Waals surface area contributed by atoms with E-state index >= 15 is 0 Å². The van der Waals surface area contributed by atoms with Crippen molar-refractivity contribution in [3.05, 3.63) is 59.4 Å². The van der Waals surface area contributed by atoms with Gasteiger partial charge in [0.1, 0.15) is 12.4 Å². The van der Waals surface area contributed by atoms with Gasteiger partial charge in [-0.1, -0.05) is 18.2 Å². The van der Waals surface area contributed by atoms with Crippen molar-refractivity contribution in [3.63, 3.8) is 0 Å². The Morgan fingerprint density at radius 2 is 1.95 bits per heavy atom. The fourth-order valence-electron chi connectivity index (χ4n) is 2.18. The zero-order valence-corrected chi connectivity index (χ0v) is 10.9. The molecule has 1 aliphatic heterocycles. The highest BCUT2D eigenvalue weighted by molar-refractivity contribution is 6.01. The van der Waals surface area contributed by atoms with Crippen molar-refractivity contribution in [2.75, 3.05) is 6.61 Å². The number of ether oxygens (including phenoxy) is 2. The summed E-state index contributed by atoms with van der Waals surface area (Å²) in [5.41, 5.74) is 1.05. The van der Waals surface area contributed by atoms with Gasteiger partial charge in [-0.3, -0.25) is 4.79 Å². The minimum atomic E-state index is -0.745. The number of carbonyl (C=O) groups is 1. The molecule has 4 heteroatoms. The highest BCUT2D eigenvalue weighted by atomic mass is 19.1. The number of carbonyl (C=O) groups excluding carboxylic acids is 1. The van der Waals surface area contributed by atoms with Gasteiger partial charge in [0.25, 0.3) is 0 Å². The van der Waals surface area contributed by atoms with Crippen LogP contribution in [0.5, 0.6) is 11.5 Å². The van der Waals surface area contributed by atoms with Crippen molar-refractivity contribution in [3.8, 4) is 11.5 Å². The van der Waals surface area contributed by atoms with Crippen LogP contribution in [0.2, 0.25) is 0 Å². The molecule has 1 aliphatic rings. The summed E-state index contributed by atoms with van der Waals surface area (Å²) < 4.78 is 24.4. The molecule has 2 aromatic rings. The molecule has 0 saturated heterocycles. The van der Waals surface area contributed by atoms with Gasteiger partial charge in [-0.05, 0) is 36.8 Å². The topological polar surface area (TPSA) is 35.5 Å². The zero-order valence-electron chi connectivity index (χ0n) is 10.9. The second-order valence-corrected chi connectivity index (χ2v) is 4.69. The maximum atomic E-state index is 13.3. The molecule has 0 fully saturated rings. The van der Waals surface area contributed by atoms with Crippen LogP contribution in [0, 0.1) is 12.7 Å². The third-order valence-electron chi connectivity index (χ3n) is 3.27. The van der Waals surface area contributed by atoms with Gasteiger partial charge in [0.2, 0.25) is 5.78 Å². The van der Waals surface area contributed by atoms with Crippen LogP contribution < -0.4 is 9.47 Å². The predicted octanol–water partition coefficient (Wildman–Crippen LogP) is 3.16. The Morgan fingerprint density at radius 3 is 2.75 bits per heavy atom. The Morgan fingerprint density at radius 1 is 1.20 bits per heavy atom. The Kier molecular flexibility index (Phi) is 3.14. The van der Waals surface area contributed by atoms with Crippen LogP contribution in [0.15, 0.2) is 42.5 Å². The lowest BCUT2D eigenvalue weighted by Gasteiger charge is -2.25. The lowest BCUT2D eigenvalue weighted by molar-refractivity contribution is 0.0585. The molecular weight excluding hydrogens is 259 g/mol. The molecule has 0 bridgehead atoms. The second kappa shape index (κ2) is 4.96. The Bertz CT molecular complexity index is 667. The van der Waals surface area contributed by atoms with E-state index in [-0.39, 0.29) is 12.4 Å². The predicted molar refractivity (Wildman–Crippen MR) is 71.8 cm³/mol. The molecule has 0 N–H and O–H groups in total. The maximum absolute atomic E-state index is 13.3. The number of aryl methyl sites for hydroxylation is 1. The fraction of sp³-hybridized carbons (Fsp3) is 0.188.